The molecule has 2 amide bonds. The van der Waals surface area contributed by atoms with Gasteiger partial charge in [0.2, 0.25) is 5.91 Å². The second kappa shape index (κ2) is 5.87. The zero-order valence-electron chi connectivity index (χ0n) is 15.5. The predicted molar refractivity (Wildman–Crippen MR) is 103 cm³/mol. The monoisotopic (exact) mass is 388 g/mol. The van der Waals surface area contributed by atoms with Crippen molar-refractivity contribution < 1.29 is 14.3 Å². The number of alkyl halides is 1. The number of rotatable bonds is 2. The van der Waals surface area contributed by atoms with Crippen LogP contribution < -0.4 is 15.0 Å². The molecule has 4 bridgehead atoms. The van der Waals surface area contributed by atoms with Crippen molar-refractivity contribution in [3.63, 3.8) is 0 Å². The van der Waals surface area contributed by atoms with Crippen LogP contribution in [0.5, 0.6) is 5.75 Å². The van der Waals surface area contributed by atoms with Crippen molar-refractivity contribution in [1.82, 2.24) is 5.32 Å². The second-order valence-electron chi connectivity index (χ2n) is 9.00. The fraction of sp³-hybridized carbons (Fsp3) is 0.619. The maximum atomic E-state index is 13.9. The first-order valence-electron chi connectivity index (χ1n) is 9.90. The highest BCUT2D eigenvalue weighted by atomic mass is 35.5. The van der Waals surface area contributed by atoms with Crippen LogP contribution in [-0.2, 0) is 9.59 Å². The molecule has 1 N–H and O–H groups in total. The van der Waals surface area contributed by atoms with E-state index >= 15 is 0 Å². The average Bonchev–Trinajstić information content (AvgIpc) is 2.64. The lowest BCUT2D eigenvalue weighted by Crippen LogP contribution is -2.61. The lowest BCUT2D eigenvalue weighted by atomic mass is 9.49. The van der Waals surface area contributed by atoms with Crippen molar-refractivity contribution in [2.24, 2.45) is 17.3 Å². The van der Waals surface area contributed by atoms with E-state index in [2.05, 4.69) is 5.32 Å². The molecule has 5 aliphatic rings. The third kappa shape index (κ3) is 2.65. The molecule has 0 unspecified atom stereocenters. The van der Waals surface area contributed by atoms with Crippen molar-refractivity contribution in [3.8, 4) is 5.75 Å². The number of halogens is 1. The maximum absolute atomic E-state index is 13.9. The van der Waals surface area contributed by atoms with Crippen LogP contribution in [0.25, 0.3) is 0 Å². The van der Waals surface area contributed by atoms with Crippen LogP contribution in [0.3, 0.4) is 0 Å². The Morgan fingerprint density at radius 1 is 1.19 bits per heavy atom. The van der Waals surface area contributed by atoms with E-state index in [1.165, 1.54) is 6.42 Å². The zero-order valence-corrected chi connectivity index (χ0v) is 16.3. The maximum Gasteiger partial charge on any atom is 0.262 e. The third-order valence-corrected chi connectivity index (χ3v) is 7.44. The van der Waals surface area contributed by atoms with Gasteiger partial charge in [-0.3, -0.25) is 9.59 Å². The molecule has 144 valence electrons. The molecule has 0 aromatic heterocycles. The molecule has 4 fully saturated rings. The summed E-state index contributed by atoms with van der Waals surface area (Å²) in [7, 11) is 1.59. The molecular formula is C21H25ClN2O3. The van der Waals surface area contributed by atoms with Gasteiger partial charge in [-0.25, -0.2) is 0 Å². The van der Waals surface area contributed by atoms with Gasteiger partial charge in [-0.15, -0.1) is 11.6 Å². The summed E-state index contributed by atoms with van der Waals surface area (Å²) in [5, 5.41) is 2.64. The van der Waals surface area contributed by atoms with E-state index in [4.69, 9.17) is 16.3 Å². The summed E-state index contributed by atoms with van der Waals surface area (Å²) in [5.41, 5.74) is 0.380. The smallest absolute Gasteiger partial charge is 0.262 e. The first kappa shape index (κ1) is 17.4. The molecule has 1 heterocycles. The average molecular weight is 389 g/mol. The number of fused-ring (bicyclic) bond motifs is 1. The SMILES string of the molecule is CNC(=O)[C@H]1CN(C(=O)C23C[C@H]4C[C@@H](CC(Cl)(C4)C2)C3)c2ccccc2O1. The molecule has 6 heteroatoms. The van der Waals surface area contributed by atoms with Crippen molar-refractivity contribution in [3.05, 3.63) is 24.3 Å². The Hall–Kier alpha value is -1.75. The summed E-state index contributed by atoms with van der Waals surface area (Å²) in [6.07, 6.45) is 5.23. The van der Waals surface area contributed by atoms with Gasteiger partial charge in [0.15, 0.2) is 6.10 Å². The van der Waals surface area contributed by atoms with Crippen molar-refractivity contribution in [2.45, 2.75) is 49.5 Å². The number of hydrogen-bond donors (Lipinski definition) is 1. The minimum Gasteiger partial charge on any atom is -0.477 e. The number of ether oxygens (including phenoxy) is 1. The highest BCUT2D eigenvalue weighted by molar-refractivity contribution is 6.24. The van der Waals surface area contributed by atoms with Gasteiger partial charge in [-0.1, -0.05) is 12.1 Å². The van der Waals surface area contributed by atoms with E-state index in [0.717, 1.165) is 37.8 Å². The molecule has 5 nitrogen and oxygen atoms in total. The zero-order chi connectivity index (χ0) is 18.8. The minimum atomic E-state index is -0.687. The topological polar surface area (TPSA) is 58.6 Å². The van der Waals surface area contributed by atoms with Crippen molar-refractivity contribution >= 4 is 29.1 Å². The van der Waals surface area contributed by atoms with E-state index in [9.17, 15) is 9.59 Å². The van der Waals surface area contributed by atoms with E-state index in [0.29, 0.717) is 17.6 Å². The molecule has 4 aliphatic carbocycles. The van der Waals surface area contributed by atoms with E-state index < -0.39 is 6.10 Å². The fourth-order valence-electron chi connectivity index (χ4n) is 6.41. The standard InChI is InChI=1S/C21H25ClN2O3/c1-23-18(25)17-11-24(15-4-2-3-5-16(15)27-17)19(26)20-7-13-6-14(8-20)10-21(22,9-13)12-20/h2-5,13-14,17H,6-12H2,1H3,(H,23,25)/t13-,14-,17-,20?,21?/m1/s1. The summed E-state index contributed by atoms with van der Waals surface area (Å²) in [4.78, 5) is 27.7. The Bertz CT molecular complexity index is 796. The van der Waals surface area contributed by atoms with Gasteiger partial charge in [0.05, 0.1) is 17.6 Å². The highest BCUT2D eigenvalue weighted by Gasteiger charge is 2.61. The molecule has 0 spiro atoms. The van der Waals surface area contributed by atoms with E-state index in [1.54, 1.807) is 11.9 Å². The number of carbonyl (C=O) groups is 2. The number of nitrogens with zero attached hydrogens (tertiary/aromatic N) is 1. The van der Waals surface area contributed by atoms with Gasteiger partial charge in [0, 0.05) is 11.9 Å². The summed E-state index contributed by atoms with van der Waals surface area (Å²) < 4.78 is 5.87. The molecule has 1 aromatic rings. The fourth-order valence-corrected chi connectivity index (χ4v) is 7.10. The quantitative estimate of drug-likeness (QED) is 0.792. The Morgan fingerprint density at radius 3 is 2.56 bits per heavy atom. The number of carbonyl (C=O) groups excluding carboxylic acids is 2. The summed E-state index contributed by atoms with van der Waals surface area (Å²) in [6, 6.07) is 7.51. The van der Waals surface area contributed by atoms with E-state index in [1.807, 2.05) is 24.3 Å². The molecule has 3 atom stereocenters. The van der Waals surface area contributed by atoms with Crippen LogP contribution in [0, 0.1) is 17.3 Å². The molecule has 0 radical (unpaired) electrons. The number of likely N-dealkylation sites (N-methyl/N-ethyl adjacent to an activating group) is 1. The lowest BCUT2D eigenvalue weighted by molar-refractivity contribution is -0.142. The van der Waals surface area contributed by atoms with Gasteiger partial charge >= 0.3 is 0 Å². The normalized spacial score (nSPS) is 38.9. The Morgan fingerprint density at radius 2 is 1.89 bits per heavy atom. The Kier molecular flexibility index (Phi) is 3.77. The van der Waals surface area contributed by atoms with Gasteiger partial charge in [-0.05, 0) is 62.5 Å². The highest BCUT2D eigenvalue weighted by Crippen LogP contribution is 2.64. The number of amides is 2. The van der Waals surface area contributed by atoms with Gasteiger partial charge in [-0.2, -0.15) is 0 Å². The van der Waals surface area contributed by atoms with Crippen LogP contribution in [0.1, 0.15) is 38.5 Å². The van der Waals surface area contributed by atoms with E-state index in [-0.39, 0.29) is 28.6 Å². The van der Waals surface area contributed by atoms with Crippen LogP contribution in [0.4, 0.5) is 5.69 Å². The Balaban J connectivity index is 1.51. The molecule has 27 heavy (non-hydrogen) atoms. The number of nitrogens with one attached hydrogen (secondary N) is 1. The molecule has 1 aromatic carbocycles. The van der Waals surface area contributed by atoms with Crippen LogP contribution >= 0.6 is 11.6 Å². The first-order chi connectivity index (χ1) is 12.9. The summed E-state index contributed by atoms with van der Waals surface area (Å²) in [6.45, 7) is 0.252. The van der Waals surface area contributed by atoms with Crippen LogP contribution in [0.2, 0.25) is 0 Å². The number of anilines is 1. The first-order valence-corrected chi connectivity index (χ1v) is 10.3. The van der Waals surface area contributed by atoms with Crippen LogP contribution in [-0.4, -0.2) is 36.4 Å². The molecule has 6 rings (SSSR count). The van der Waals surface area contributed by atoms with Gasteiger partial charge in [0.25, 0.3) is 5.91 Å². The number of para-hydroxylation sites is 2. The number of benzene rings is 1. The van der Waals surface area contributed by atoms with Gasteiger partial charge in [0.1, 0.15) is 5.75 Å². The molecule has 4 saturated carbocycles. The predicted octanol–water partition coefficient (Wildman–Crippen LogP) is 3.10. The largest absolute Gasteiger partial charge is 0.477 e. The van der Waals surface area contributed by atoms with Gasteiger partial charge < -0.3 is 15.0 Å². The van der Waals surface area contributed by atoms with Crippen molar-refractivity contribution in [1.29, 1.82) is 0 Å². The minimum absolute atomic E-state index is 0.131. The van der Waals surface area contributed by atoms with Crippen LogP contribution in [0.15, 0.2) is 24.3 Å². The molecule has 0 saturated heterocycles. The summed E-state index contributed by atoms with van der Waals surface area (Å²) >= 11 is 6.95. The van der Waals surface area contributed by atoms with Crippen molar-refractivity contribution in [2.75, 3.05) is 18.5 Å². The second-order valence-corrected chi connectivity index (χ2v) is 9.80. The number of hydrogen-bond acceptors (Lipinski definition) is 3. The third-order valence-electron chi connectivity index (χ3n) is 7.00. The lowest BCUT2D eigenvalue weighted by Gasteiger charge is -2.60. The molecular weight excluding hydrogens is 364 g/mol. The Labute approximate surface area is 164 Å². The molecule has 1 aliphatic heterocycles. The summed E-state index contributed by atoms with van der Waals surface area (Å²) in [5.74, 6) is 1.63.